The van der Waals surface area contributed by atoms with Crippen LogP contribution in [0.4, 0.5) is 5.69 Å². The minimum Gasteiger partial charge on any atom is -0.507 e. The van der Waals surface area contributed by atoms with E-state index in [0.29, 0.717) is 16.9 Å². The molecule has 0 radical (unpaired) electrons. The minimum atomic E-state index is -3.94. The lowest BCUT2D eigenvalue weighted by molar-refractivity contribution is -0.132. The number of sulfonamides is 1. The van der Waals surface area contributed by atoms with E-state index in [9.17, 15) is 23.1 Å². The maximum Gasteiger partial charge on any atom is 0.300 e. The first-order valence-electron chi connectivity index (χ1n) is 10.7. The molecule has 35 heavy (non-hydrogen) atoms. The fourth-order valence-corrected chi connectivity index (χ4v) is 4.39. The first-order valence-corrected chi connectivity index (χ1v) is 12.2. The molecular weight excluding hydrogens is 470 g/mol. The summed E-state index contributed by atoms with van der Waals surface area (Å²) in [4.78, 5) is 31.4. The number of carbonyl (C=O) groups excluding carboxylic acids is 2. The number of carbonyl (C=O) groups is 2. The van der Waals surface area contributed by atoms with E-state index in [-0.39, 0.29) is 28.0 Å². The molecule has 0 aliphatic carbocycles. The number of ketones is 1. The average Bonchev–Trinajstić information content (AvgIpc) is 3.09. The minimum absolute atomic E-state index is 0.0351. The van der Waals surface area contributed by atoms with E-state index in [2.05, 4.69) is 4.98 Å². The van der Waals surface area contributed by atoms with Crippen molar-refractivity contribution in [3.8, 4) is 5.75 Å². The van der Waals surface area contributed by atoms with Crippen LogP contribution in [0.2, 0.25) is 0 Å². The standard InChI is InChI=1S/C25H23N3O6S/c1-15(2)34-19-7-3-17(4-8-19)23(29)21-22(16-11-13-27-14-12-16)28(25(31)24(21)30)18-5-9-20(10-6-18)35(26,32)33/h3-15,22,29H,1-2H3,(H2,26,32,33)/b23-21+. The van der Waals surface area contributed by atoms with Crippen molar-refractivity contribution >= 4 is 33.2 Å². The molecule has 180 valence electrons. The van der Waals surface area contributed by atoms with Crippen LogP contribution in [0.25, 0.3) is 5.76 Å². The topological polar surface area (TPSA) is 140 Å². The number of nitrogens with two attached hydrogens (primary N) is 1. The van der Waals surface area contributed by atoms with E-state index in [1.54, 1.807) is 36.4 Å². The number of hydrogen-bond acceptors (Lipinski definition) is 7. The second-order valence-corrected chi connectivity index (χ2v) is 9.74. The van der Waals surface area contributed by atoms with Crippen molar-refractivity contribution < 1.29 is 27.9 Å². The number of aromatic nitrogens is 1. The number of primary sulfonamides is 1. The van der Waals surface area contributed by atoms with Gasteiger partial charge in [-0.15, -0.1) is 0 Å². The molecule has 1 aliphatic rings. The molecular formula is C25H23N3O6S. The van der Waals surface area contributed by atoms with Gasteiger partial charge in [0.05, 0.1) is 22.6 Å². The van der Waals surface area contributed by atoms with Crippen LogP contribution < -0.4 is 14.8 Å². The van der Waals surface area contributed by atoms with Gasteiger partial charge in [0, 0.05) is 23.6 Å². The van der Waals surface area contributed by atoms with Crippen LogP contribution >= 0.6 is 0 Å². The Morgan fingerprint density at radius 3 is 2.14 bits per heavy atom. The predicted molar refractivity (Wildman–Crippen MR) is 129 cm³/mol. The highest BCUT2D eigenvalue weighted by molar-refractivity contribution is 7.89. The van der Waals surface area contributed by atoms with Gasteiger partial charge < -0.3 is 9.84 Å². The zero-order chi connectivity index (χ0) is 25.3. The molecule has 1 unspecified atom stereocenters. The number of benzene rings is 2. The van der Waals surface area contributed by atoms with Gasteiger partial charge in [-0.1, -0.05) is 0 Å². The first kappa shape index (κ1) is 24.1. The molecule has 1 amide bonds. The third-order valence-corrected chi connectivity index (χ3v) is 6.34. The quantitative estimate of drug-likeness (QED) is 0.305. The molecule has 10 heteroatoms. The van der Waals surface area contributed by atoms with Crippen molar-refractivity contribution in [3.63, 3.8) is 0 Å². The van der Waals surface area contributed by atoms with Crippen LogP contribution in [0, 0.1) is 0 Å². The Morgan fingerprint density at radius 2 is 1.60 bits per heavy atom. The number of rotatable bonds is 6. The number of pyridine rings is 1. The molecule has 4 rings (SSSR count). The molecule has 0 saturated carbocycles. The number of anilines is 1. The van der Waals surface area contributed by atoms with Gasteiger partial charge in [0.1, 0.15) is 11.5 Å². The summed E-state index contributed by atoms with van der Waals surface area (Å²) in [5.41, 5.74) is 1.04. The molecule has 9 nitrogen and oxygen atoms in total. The number of ether oxygens (including phenoxy) is 1. The molecule has 0 spiro atoms. The number of aliphatic hydroxyl groups is 1. The molecule has 2 heterocycles. The van der Waals surface area contributed by atoms with Gasteiger partial charge in [0.15, 0.2) is 0 Å². The zero-order valence-corrected chi connectivity index (χ0v) is 19.8. The third kappa shape index (κ3) is 4.79. The third-order valence-electron chi connectivity index (χ3n) is 5.41. The maximum absolute atomic E-state index is 13.2. The summed E-state index contributed by atoms with van der Waals surface area (Å²) in [5.74, 6) is -1.48. The van der Waals surface area contributed by atoms with Crippen LogP contribution in [0.15, 0.2) is 83.5 Å². The van der Waals surface area contributed by atoms with Gasteiger partial charge in [-0.05, 0) is 80.1 Å². The lowest BCUT2D eigenvalue weighted by Gasteiger charge is -2.25. The van der Waals surface area contributed by atoms with Crippen molar-refractivity contribution in [2.45, 2.75) is 30.9 Å². The molecule has 1 aromatic heterocycles. The van der Waals surface area contributed by atoms with E-state index in [1.807, 2.05) is 13.8 Å². The lowest BCUT2D eigenvalue weighted by atomic mass is 9.95. The van der Waals surface area contributed by atoms with Crippen LogP contribution in [0.3, 0.4) is 0 Å². The zero-order valence-electron chi connectivity index (χ0n) is 19.0. The largest absolute Gasteiger partial charge is 0.507 e. The van der Waals surface area contributed by atoms with Gasteiger partial charge in [-0.2, -0.15) is 0 Å². The Morgan fingerprint density at radius 1 is 1.00 bits per heavy atom. The van der Waals surface area contributed by atoms with Crippen molar-refractivity contribution in [3.05, 3.63) is 89.8 Å². The maximum atomic E-state index is 13.2. The average molecular weight is 494 g/mol. The number of amides is 1. The number of nitrogens with zero attached hydrogens (tertiary/aromatic N) is 2. The van der Waals surface area contributed by atoms with Gasteiger partial charge in [-0.25, -0.2) is 13.6 Å². The number of aliphatic hydroxyl groups excluding tert-OH is 1. The Labute approximate surface area is 202 Å². The Balaban J connectivity index is 1.84. The SMILES string of the molecule is CC(C)Oc1ccc(/C(O)=C2\C(=O)C(=O)N(c3ccc(S(N)(=O)=O)cc3)C2c2ccncc2)cc1. The molecule has 1 fully saturated rings. The fourth-order valence-electron chi connectivity index (χ4n) is 3.88. The summed E-state index contributed by atoms with van der Waals surface area (Å²) in [7, 11) is -3.94. The monoisotopic (exact) mass is 493 g/mol. The van der Waals surface area contributed by atoms with Gasteiger partial charge >= 0.3 is 0 Å². The number of Topliss-reactive ketones (excluding diaryl/α,β-unsaturated/α-hetero) is 1. The second kappa shape index (κ2) is 9.32. The van der Waals surface area contributed by atoms with Crippen LogP contribution in [-0.2, 0) is 19.6 Å². The van der Waals surface area contributed by atoms with Crippen molar-refractivity contribution in [1.29, 1.82) is 0 Å². The number of hydrogen-bond donors (Lipinski definition) is 2. The van der Waals surface area contributed by atoms with E-state index >= 15 is 0 Å². The summed E-state index contributed by atoms with van der Waals surface area (Å²) < 4.78 is 28.9. The van der Waals surface area contributed by atoms with E-state index in [4.69, 9.17) is 9.88 Å². The molecule has 0 bridgehead atoms. The second-order valence-electron chi connectivity index (χ2n) is 8.18. The van der Waals surface area contributed by atoms with Crippen molar-refractivity contribution in [2.24, 2.45) is 5.14 Å². The summed E-state index contributed by atoms with van der Waals surface area (Å²) >= 11 is 0. The van der Waals surface area contributed by atoms with E-state index < -0.39 is 27.8 Å². The Kier molecular flexibility index (Phi) is 6.42. The van der Waals surface area contributed by atoms with Gasteiger partial charge in [0.2, 0.25) is 10.0 Å². The van der Waals surface area contributed by atoms with Gasteiger partial charge in [0.25, 0.3) is 11.7 Å². The highest BCUT2D eigenvalue weighted by Crippen LogP contribution is 2.42. The normalized spacial score (nSPS) is 17.7. The molecule has 1 aliphatic heterocycles. The van der Waals surface area contributed by atoms with E-state index in [1.165, 1.54) is 41.6 Å². The molecule has 1 atom stereocenters. The fraction of sp³-hybridized carbons (Fsp3) is 0.160. The van der Waals surface area contributed by atoms with Crippen LogP contribution in [0.5, 0.6) is 5.75 Å². The summed E-state index contributed by atoms with van der Waals surface area (Å²) in [6, 6.07) is 14.1. The van der Waals surface area contributed by atoms with Crippen molar-refractivity contribution in [1.82, 2.24) is 4.98 Å². The summed E-state index contributed by atoms with van der Waals surface area (Å²) in [6.45, 7) is 3.78. The Hall–Kier alpha value is -4.02. The van der Waals surface area contributed by atoms with Gasteiger partial charge in [-0.3, -0.25) is 19.5 Å². The summed E-state index contributed by atoms with van der Waals surface area (Å²) in [6.07, 6.45) is 2.99. The van der Waals surface area contributed by atoms with Crippen LogP contribution in [-0.4, -0.2) is 36.3 Å². The lowest BCUT2D eigenvalue weighted by Crippen LogP contribution is -2.29. The highest BCUT2D eigenvalue weighted by atomic mass is 32.2. The predicted octanol–water partition coefficient (Wildman–Crippen LogP) is 3.14. The van der Waals surface area contributed by atoms with Crippen molar-refractivity contribution in [2.75, 3.05) is 4.90 Å². The Bertz CT molecular complexity index is 1400. The highest BCUT2D eigenvalue weighted by Gasteiger charge is 2.47. The molecule has 3 aromatic rings. The van der Waals surface area contributed by atoms with Crippen LogP contribution in [0.1, 0.15) is 31.0 Å². The molecule has 1 saturated heterocycles. The smallest absolute Gasteiger partial charge is 0.300 e. The molecule has 3 N–H and O–H groups in total. The summed E-state index contributed by atoms with van der Waals surface area (Å²) in [5, 5.41) is 16.3. The first-order chi connectivity index (χ1) is 16.6. The van der Waals surface area contributed by atoms with E-state index in [0.717, 1.165) is 0 Å². The molecule has 2 aromatic carbocycles.